The Labute approximate surface area is 117 Å². The lowest BCUT2D eigenvalue weighted by Gasteiger charge is -2.38. The summed E-state index contributed by atoms with van der Waals surface area (Å²) in [5.74, 6) is -0.0851. The molecule has 0 bridgehead atoms. The molecule has 1 saturated heterocycles. The van der Waals surface area contributed by atoms with Gasteiger partial charge in [-0.1, -0.05) is 35.9 Å². The summed E-state index contributed by atoms with van der Waals surface area (Å²) in [6.45, 7) is 3.31. The van der Waals surface area contributed by atoms with E-state index in [2.05, 4.69) is 22.6 Å². The van der Waals surface area contributed by atoms with E-state index in [0.29, 0.717) is 19.0 Å². The first kappa shape index (κ1) is 13.7. The quantitative estimate of drug-likeness (QED) is 0.577. The van der Waals surface area contributed by atoms with Crippen molar-refractivity contribution in [3.63, 3.8) is 0 Å². The lowest BCUT2D eigenvalue weighted by atomic mass is 9.75. The van der Waals surface area contributed by atoms with Crippen LogP contribution in [0.3, 0.4) is 0 Å². The van der Waals surface area contributed by atoms with Gasteiger partial charge in [-0.3, -0.25) is 4.79 Å². The van der Waals surface area contributed by atoms with E-state index in [0.717, 1.165) is 36.5 Å². The highest BCUT2D eigenvalue weighted by Crippen LogP contribution is 2.41. The molecule has 2 fully saturated rings. The second kappa shape index (κ2) is 5.97. The molecule has 2 atom stereocenters. The summed E-state index contributed by atoms with van der Waals surface area (Å²) >= 11 is 2.36. The van der Waals surface area contributed by atoms with Gasteiger partial charge in [-0.15, -0.1) is 0 Å². The molecule has 17 heavy (non-hydrogen) atoms. The Balaban J connectivity index is 2.11. The molecule has 2 aliphatic rings. The third-order valence-electron chi connectivity index (χ3n) is 3.92. The molecule has 1 saturated carbocycles. The minimum absolute atomic E-state index is 0.0308. The van der Waals surface area contributed by atoms with Gasteiger partial charge in [0.15, 0.2) is 5.79 Å². The maximum Gasteiger partial charge on any atom is 0.178 e. The van der Waals surface area contributed by atoms with Crippen molar-refractivity contribution in [2.24, 2.45) is 11.8 Å². The van der Waals surface area contributed by atoms with Gasteiger partial charge in [-0.25, -0.2) is 0 Å². The van der Waals surface area contributed by atoms with Crippen molar-refractivity contribution < 1.29 is 14.3 Å². The number of halogens is 1. The third-order valence-corrected chi connectivity index (χ3v) is 4.69. The van der Waals surface area contributed by atoms with Crippen LogP contribution in [0.2, 0.25) is 0 Å². The van der Waals surface area contributed by atoms with E-state index in [-0.39, 0.29) is 11.8 Å². The number of hydrogen-bond donors (Lipinski definition) is 0. The van der Waals surface area contributed by atoms with Gasteiger partial charge in [0.2, 0.25) is 0 Å². The largest absolute Gasteiger partial charge is 0.347 e. The van der Waals surface area contributed by atoms with Crippen LogP contribution >= 0.6 is 22.6 Å². The van der Waals surface area contributed by atoms with Gasteiger partial charge >= 0.3 is 0 Å². The van der Waals surface area contributed by atoms with Crippen molar-refractivity contribution in [2.75, 3.05) is 17.6 Å². The molecule has 98 valence electrons. The molecule has 1 aliphatic heterocycles. The Morgan fingerprint density at radius 3 is 2.71 bits per heavy atom. The Morgan fingerprint density at radius 2 is 2.06 bits per heavy atom. The Bertz CT molecular complexity index is 274. The number of Topliss-reactive ketones (excluding diaryl/α,β-unsaturated/α-hetero) is 1. The fourth-order valence-electron chi connectivity index (χ4n) is 3.00. The minimum Gasteiger partial charge on any atom is -0.347 e. The average Bonchev–Trinajstić information content (AvgIpc) is 2.80. The molecule has 0 aromatic rings. The van der Waals surface area contributed by atoms with E-state index >= 15 is 0 Å². The first-order valence-corrected chi connectivity index (χ1v) is 8.10. The SMILES string of the molecule is C[C@@H]1CCC[C@H](C2(CCCI)OCCO2)C1=O. The summed E-state index contributed by atoms with van der Waals surface area (Å²) in [6, 6.07) is 0. The van der Waals surface area contributed by atoms with Gasteiger partial charge < -0.3 is 9.47 Å². The molecule has 0 aromatic heterocycles. The van der Waals surface area contributed by atoms with Crippen molar-refractivity contribution in [3.8, 4) is 0 Å². The van der Waals surface area contributed by atoms with Crippen LogP contribution in [-0.2, 0) is 14.3 Å². The molecular weight excluding hydrogens is 331 g/mol. The van der Waals surface area contributed by atoms with Crippen LogP contribution in [0.4, 0.5) is 0 Å². The van der Waals surface area contributed by atoms with E-state index in [9.17, 15) is 4.79 Å². The van der Waals surface area contributed by atoms with Gasteiger partial charge in [0.05, 0.1) is 19.1 Å². The molecular formula is C13H21IO3. The molecule has 0 amide bonds. The molecule has 0 unspecified atom stereocenters. The van der Waals surface area contributed by atoms with Gasteiger partial charge in [-0.05, 0) is 23.7 Å². The number of alkyl halides is 1. The first-order chi connectivity index (χ1) is 8.19. The molecule has 1 heterocycles. The summed E-state index contributed by atoms with van der Waals surface area (Å²) in [5, 5.41) is 0. The van der Waals surface area contributed by atoms with E-state index in [1.165, 1.54) is 0 Å². The molecule has 4 heteroatoms. The highest BCUT2D eigenvalue weighted by molar-refractivity contribution is 14.1. The summed E-state index contributed by atoms with van der Waals surface area (Å²) in [4.78, 5) is 12.3. The monoisotopic (exact) mass is 352 g/mol. The Kier molecular flexibility index (Phi) is 4.83. The standard InChI is InChI=1S/C13H21IO3/c1-10-4-2-5-11(12(10)15)13(6-3-7-14)16-8-9-17-13/h10-11H,2-9H2,1H3/t10-,11+/m1/s1. The molecule has 3 nitrogen and oxygen atoms in total. The third kappa shape index (κ3) is 2.84. The van der Waals surface area contributed by atoms with Crippen molar-refractivity contribution in [1.82, 2.24) is 0 Å². The fraction of sp³-hybridized carbons (Fsp3) is 0.923. The second-order valence-electron chi connectivity index (χ2n) is 5.09. The summed E-state index contributed by atoms with van der Waals surface area (Å²) in [7, 11) is 0. The topological polar surface area (TPSA) is 35.5 Å². The van der Waals surface area contributed by atoms with Gasteiger partial charge in [0.25, 0.3) is 0 Å². The highest BCUT2D eigenvalue weighted by atomic mass is 127. The van der Waals surface area contributed by atoms with E-state index < -0.39 is 5.79 Å². The number of hydrogen-bond acceptors (Lipinski definition) is 3. The highest BCUT2D eigenvalue weighted by Gasteiger charge is 2.49. The average molecular weight is 352 g/mol. The van der Waals surface area contributed by atoms with Crippen molar-refractivity contribution in [2.45, 2.75) is 44.8 Å². The Morgan fingerprint density at radius 1 is 1.35 bits per heavy atom. The smallest absolute Gasteiger partial charge is 0.178 e. The zero-order valence-corrected chi connectivity index (χ0v) is 12.6. The van der Waals surface area contributed by atoms with Crippen molar-refractivity contribution in [3.05, 3.63) is 0 Å². The number of rotatable bonds is 4. The van der Waals surface area contributed by atoms with Crippen molar-refractivity contribution in [1.29, 1.82) is 0 Å². The second-order valence-corrected chi connectivity index (χ2v) is 6.17. The minimum atomic E-state index is -0.586. The molecule has 0 aromatic carbocycles. The van der Waals surface area contributed by atoms with E-state index in [1.807, 2.05) is 6.92 Å². The number of ketones is 1. The van der Waals surface area contributed by atoms with Crippen LogP contribution in [0.25, 0.3) is 0 Å². The van der Waals surface area contributed by atoms with Gasteiger partial charge in [0.1, 0.15) is 5.78 Å². The summed E-state index contributed by atoms with van der Waals surface area (Å²) in [6.07, 6.45) is 5.00. The maximum atomic E-state index is 12.3. The zero-order chi connectivity index (χ0) is 12.3. The predicted molar refractivity (Wildman–Crippen MR) is 74.3 cm³/mol. The first-order valence-electron chi connectivity index (χ1n) is 6.57. The fourth-order valence-corrected chi connectivity index (χ4v) is 3.38. The molecule has 2 rings (SSSR count). The normalized spacial score (nSPS) is 32.9. The number of ether oxygens (including phenoxy) is 2. The van der Waals surface area contributed by atoms with Crippen LogP contribution in [0.5, 0.6) is 0 Å². The lowest BCUT2D eigenvalue weighted by molar-refractivity contribution is -0.206. The van der Waals surface area contributed by atoms with E-state index in [1.54, 1.807) is 0 Å². The van der Waals surface area contributed by atoms with Crippen LogP contribution in [-0.4, -0.2) is 29.2 Å². The molecule has 0 radical (unpaired) electrons. The van der Waals surface area contributed by atoms with Gasteiger partial charge in [-0.2, -0.15) is 0 Å². The van der Waals surface area contributed by atoms with Crippen LogP contribution in [0.15, 0.2) is 0 Å². The maximum absolute atomic E-state index is 12.3. The van der Waals surface area contributed by atoms with E-state index in [4.69, 9.17) is 9.47 Å². The predicted octanol–water partition coefficient (Wildman–Crippen LogP) is 2.95. The molecule has 1 aliphatic carbocycles. The Hall–Kier alpha value is 0.320. The molecule has 0 N–H and O–H groups in total. The molecule has 0 spiro atoms. The van der Waals surface area contributed by atoms with Crippen LogP contribution in [0, 0.1) is 11.8 Å². The van der Waals surface area contributed by atoms with Crippen molar-refractivity contribution >= 4 is 28.4 Å². The van der Waals surface area contributed by atoms with Gasteiger partial charge in [0, 0.05) is 12.3 Å². The number of carbonyl (C=O) groups is 1. The zero-order valence-electron chi connectivity index (χ0n) is 10.4. The van der Waals surface area contributed by atoms with Crippen LogP contribution < -0.4 is 0 Å². The summed E-state index contributed by atoms with van der Waals surface area (Å²) in [5.41, 5.74) is 0. The summed E-state index contributed by atoms with van der Waals surface area (Å²) < 4.78 is 12.8. The van der Waals surface area contributed by atoms with Crippen LogP contribution in [0.1, 0.15) is 39.0 Å². The number of carbonyl (C=O) groups excluding carboxylic acids is 1. The lowest BCUT2D eigenvalue weighted by Crippen LogP contribution is -2.47.